The maximum absolute atomic E-state index is 13.0. The van der Waals surface area contributed by atoms with E-state index in [2.05, 4.69) is 20.2 Å². The van der Waals surface area contributed by atoms with Gasteiger partial charge >= 0.3 is 0 Å². The lowest BCUT2D eigenvalue weighted by molar-refractivity contribution is 0.0674. The number of aromatic nitrogens is 4. The van der Waals surface area contributed by atoms with E-state index in [9.17, 15) is 4.79 Å². The topological polar surface area (TPSA) is 74.8 Å². The van der Waals surface area contributed by atoms with Gasteiger partial charge in [0.2, 0.25) is 0 Å². The second-order valence-corrected chi connectivity index (χ2v) is 6.87. The number of nitrogens with zero attached hydrogens (tertiary/aromatic N) is 4. The largest absolute Gasteiger partial charge is 0.330 e. The third-order valence-electron chi connectivity index (χ3n) is 4.64. The molecule has 1 amide bonds. The van der Waals surface area contributed by atoms with Gasteiger partial charge in [-0.25, -0.2) is 0 Å². The minimum absolute atomic E-state index is 0.147. The Morgan fingerprint density at radius 2 is 2.04 bits per heavy atom. The zero-order chi connectivity index (χ0) is 20.3. The first-order valence-electron chi connectivity index (χ1n) is 9.16. The van der Waals surface area contributed by atoms with Crippen molar-refractivity contribution >= 4 is 29.1 Å². The summed E-state index contributed by atoms with van der Waals surface area (Å²) in [5, 5.41) is 8.12. The van der Waals surface area contributed by atoms with Crippen LogP contribution in [-0.4, -0.2) is 37.5 Å². The molecule has 6 nitrogen and oxygen atoms in total. The third-order valence-corrected chi connectivity index (χ3v) is 5.45. The van der Waals surface area contributed by atoms with Crippen molar-refractivity contribution < 1.29 is 4.79 Å². The van der Waals surface area contributed by atoms with Crippen molar-refractivity contribution in [2.75, 3.05) is 6.54 Å². The first kappa shape index (κ1) is 20.3. The normalized spacial score (nSPS) is 15.5. The summed E-state index contributed by atoms with van der Waals surface area (Å²) >= 11 is 12.3. The van der Waals surface area contributed by atoms with Gasteiger partial charge in [0.1, 0.15) is 11.4 Å². The van der Waals surface area contributed by atoms with Crippen molar-refractivity contribution in [2.45, 2.75) is 33.2 Å². The van der Waals surface area contributed by atoms with Crippen LogP contribution in [0.15, 0.2) is 36.8 Å². The fraction of sp³-hybridized carbons (Fsp3) is 0.300. The Morgan fingerprint density at radius 1 is 1.25 bits per heavy atom. The van der Waals surface area contributed by atoms with Crippen molar-refractivity contribution in [3.8, 4) is 11.4 Å². The summed E-state index contributed by atoms with van der Waals surface area (Å²) < 4.78 is 0. The molecule has 0 saturated carbocycles. The predicted octanol–water partition coefficient (Wildman–Crippen LogP) is 4.96. The van der Waals surface area contributed by atoms with Crippen molar-refractivity contribution in [2.24, 2.45) is 0 Å². The molecule has 3 heterocycles. The zero-order valence-corrected chi connectivity index (χ0v) is 17.4. The summed E-state index contributed by atoms with van der Waals surface area (Å²) in [4.78, 5) is 23.2. The van der Waals surface area contributed by atoms with Gasteiger partial charge in [0, 0.05) is 24.5 Å². The summed E-state index contributed by atoms with van der Waals surface area (Å²) in [5.41, 5.74) is 3.88. The standard InChI is InChI=1S/C18H15Cl2N5O.C2H6/c1-10-16-12(17(24-23-16)14-9-21-6-7-22-14)5-8-25(10)18(26)11-3-2-4-13(19)15(11)20;1-2/h2-4,6-7,9-10H,5,8H2,1H3,(H,23,24);1-2H3. The molecule has 1 aliphatic heterocycles. The number of nitrogens with one attached hydrogen (secondary N) is 1. The van der Waals surface area contributed by atoms with Crippen LogP contribution in [0.5, 0.6) is 0 Å². The second-order valence-electron chi connectivity index (χ2n) is 6.08. The number of amides is 1. The number of hydrogen-bond acceptors (Lipinski definition) is 4. The highest BCUT2D eigenvalue weighted by atomic mass is 35.5. The van der Waals surface area contributed by atoms with Crippen LogP contribution in [0.3, 0.4) is 0 Å². The molecule has 3 aromatic rings. The Kier molecular flexibility index (Phi) is 6.31. The smallest absolute Gasteiger partial charge is 0.255 e. The van der Waals surface area contributed by atoms with Gasteiger partial charge in [-0.15, -0.1) is 0 Å². The molecule has 1 N–H and O–H groups in total. The lowest BCUT2D eigenvalue weighted by Gasteiger charge is -2.33. The second kappa shape index (κ2) is 8.71. The number of H-pyrrole nitrogens is 1. The minimum atomic E-state index is -0.167. The van der Waals surface area contributed by atoms with Crippen LogP contribution in [0.1, 0.15) is 48.4 Å². The number of hydrogen-bond donors (Lipinski definition) is 1. The number of fused-ring (bicyclic) bond motifs is 1. The molecule has 146 valence electrons. The number of rotatable bonds is 2. The minimum Gasteiger partial charge on any atom is -0.330 e. The Labute approximate surface area is 173 Å². The maximum atomic E-state index is 13.0. The first-order chi connectivity index (χ1) is 13.6. The first-order valence-corrected chi connectivity index (χ1v) is 9.92. The van der Waals surface area contributed by atoms with E-state index in [0.717, 1.165) is 22.6 Å². The monoisotopic (exact) mass is 417 g/mol. The highest BCUT2D eigenvalue weighted by molar-refractivity contribution is 6.43. The Bertz CT molecular complexity index is 974. The third kappa shape index (κ3) is 3.62. The van der Waals surface area contributed by atoms with Crippen LogP contribution < -0.4 is 0 Å². The lowest BCUT2D eigenvalue weighted by Crippen LogP contribution is -2.39. The van der Waals surface area contributed by atoms with Gasteiger partial charge in [0.05, 0.1) is 33.5 Å². The van der Waals surface area contributed by atoms with Gasteiger partial charge in [-0.05, 0) is 25.5 Å². The summed E-state index contributed by atoms with van der Waals surface area (Å²) in [5.74, 6) is -0.147. The molecule has 0 spiro atoms. The van der Waals surface area contributed by atoms with Gasteiger partial charge in [-0.3, -0.25) is 19.9 Å². The van der Waals surface area contributed by atoms with Gasteiger partial charge < -0.3 is 4.90 Å². The number of carbonyl (C=O) groups is 1. The van der Waals surface area contributed by atoms with Crippen LogP contribution in [0.25, 0.3) is 11.4 Å². The van der Waals surface area contributed by atoms with Gasteiger partial charge in [-0.1, -0.05) is 43.1 Å². The SMILES string of the molecule is CC.CC1c2[nH]nc(-c3cnccn3)c2CCN1C(=O)c1cccc(Cl)c1Cl. The quantitative estimate of drug-likeness (QED) is 0.639. The van der Waals surface area contributed by atoms with Crippen molar-refractivity contribution in [3.05, 3.63) is 63.7 Å². The van der Waals surface area contributed by atoms with E-state index in [4.69, 9.17) is 23.2 Å². The molecule has 0 aliphatic carbocycles. The molecule has 0 saturated heterocycles. The molecule has 0 radical (unpaired) electrons. The van der Waals surface area contributed by atoms with Crippen LogP contribution >= 0.6 is 23.2 Å². The molecule has 8 heteroatoms. The highest BCUT2D eigenvalue weighted by Crippen LogP contribution is 2.35. The molecule has 28 heavy (non-hydrogen) atoms. The van der Waals surface area contributed by atoms with Gasteiger partial charge in [-0.2, -0.15) is 5.10 Å². The van der Waals surface area contributed by atoms with E-state index in [-0.39, 0.29) is 17.0 Å². The van der Waals surface area contributed by atoms with Crippen molar-refractivity contribution in [1.82, 2.24) is 25.1 Å². The number of halogens is 2. The number of carbonyl (C=O) groups excluding carboxylic acids is 1. The summed E-state index contributed by atoms with van der Waals surface area (Å²) in [6.45, 7) is 6.52. The molecule has 4 rings (SSSR count). The molecule has 1 unspecified atom stereocenters. The number of aromatic amines is 1. The van der Waals surface area contributed by atoms with Crippen LogP contribution in [0.4, 0.5) is 0 Å². The molecule has 1 aliphatic rings. The summed E-state index contributed by atoms with van der Waals surface area (Å²) in [6.07, 6.45) is 5.62. The predicted molar refractivity (Wildman–Crippen MR) is 111 cm³/mol. The maximum Gasteiger partial charge on any atom is 0.255 e. The van der Waals surface area contributed by atoms with Crippen molar-refractivity contribution in [3.63, 3.8) is 0 Å². The summed E-state index contributed by atoms with van der Waals surface area (Å²) in [7, 11) is 0. The van der Waals surface area contributed by atoms with E-state index in [1.807, 2.05) is 20.8 Å². The average molecular weight is 418 g/mol. The Morgan fingerprint density at radius 3 is 2.75 bits per heavy atom. The van der Waals surface area contributed by atoms with E-state index < -0.39 is 0 Å². The molecular weight excluding hydrogens is 397 g/mol. The lowest BCUT2D eigenvalue weighted by atomic mass is 9.97. The average Bonchev–Trinajstić information content (AvgIpc) is 3.17. The van der Waals surface area contributed by atoms with E-state index in [1.165, 1.54) is 0 Å². The number of benzene rings is 1. The molecule has 2 aromatic heterocycles. The molecule has 0 fully saturated rings. The molecule has 1 aromatic carbocycles. The zero-order valence-electron chi connectivity index (χ0n) is 15.9. The van der Waals surface area contributed by atoms with Crippen LogP contribution in [-0.2, 0) is 6.42 Å². The molecular formula is C20H21Cl2N5O. The van der Waals surface area contributed by atoms with E-state index >= 15 is 0 Å². The van der Waals surface area contributed by atoms with Crippen LogP contribution in [0, 0.1) is 0 Å². The van der Waals surface area contributed by atoms with Crippen LogP contribution in [0.2, 0.25) is 10.0 Å². The Balaban J connectivity index is 0.00000109. The molecule has 1 atom stereocenters. The van der Waals surface area contributed by atoms with Crippen molar-refractivity contribution in [1.29, 1.82) is 0 Å². The van der Waals surface area contributed by atoms with E-state index in [0.29, 0.717) is 23.6 Å². The summed E-state index contributed by atoms with van der Waals surface area (Å²) in [6, 6.07) is 4.92. The fourth-order valence-electron chi connectivity index (χ4n) is 3.29. The van der Waals surface area contributed by atoms with E-state index in [1.54, 1.807) is 41.7 Å². The van der Waals surface area contributed by atoms with Gasteiger partial charge in [0.25, 0.3) is 5.91 Å². The highest BCUT2D eigenvalue weighted by Gasteiger charge is 2.33. The van der Waals surface area contributed by atoms with Gasteiger partial charge in [0.15, 0.2) is 0 Å². The fourth-order valence-corrected chi connectivity index (χ4v) is 3.67. The molecule has 0 bridgehead atoms. The Hall–Kier alpha value is -2.44.